The normalized spacial score (nSPS) is 11.3. The third-order valence-corrected chi connectivity index (χ3v) is 5.97. The van der Waals surface area contributed by atoms with Gasteiger partial charge >= 0.3 is 10.1 Å². The molecule has 0 saturated carbocycles. The van der Waals surface area contributed by atoms with Crippen molar-refractivity contribution in [3.63, 3.8) is 0 Å². The van der Waals surface area contributed by atoms with E-state index in [0.29, 0.717) is 18.9 Å². The Morgan fingerprint density at radius 3 is 2.38 bits per heavy atom. The fourth-order valence-corrected chi connectivity index (χ4v) is 3.88. The van der Waals surface area contributed by atoms with Crippen LogP contribution in [0.5, 0.6) is 11.5 Å². The van der Waals surface area contributed by atoms with Gasteiger partial charge in [-0.05, 0) is 43.7 Å². The van der Waals surface area contributed by atoms with E-state index in [-0.39, 0.29) is 10.6 Å². The fourth-order valence-electron chi connectivity index (χ4n) is 2.94. The summed E-state index contributed by atoms with van der Waals surface area (Å²) in [4.78, 5) is 0.106. The number of rotatable bonds is 7. The maximum atomic E-state index is 12.4. The highest BCUT2D eigenvalue weighted by molar-refractivity contribution is 7.87. The van der Waals surface area contributed by atoms with Gasteiger partial charge in [0.2, 0.25) is 0 Å². The molecule has 29 heavy (non-hydrogen) atoms. The van der Waals surface area contributed by atoms with Crippen molar-refractivity contribution in [3.05, 3.63) is 77.6 Å². The quantitative estimate of drug-likeness (QED) is 0.475. The summed E-state index contributed by atoms with van der Waals surface area (Å²) in [5.74, 6) is 0.768. The highest BCUT2D eigenvalue weighted by Gasteiger charge is 2.17. The Kier molecular flexibility index (Phi) is 6.08. The van der Waals surface area contributed by atoms with E-state index in [4.69, 9.17) is 14.7 Å². The molecule has 0 bridgehead atoms. The van der Waals surface area contributed by atoms with E-state index in [0.717, 1.165) is 22.5 Å². The average Bonchev–Trinajstić information content (AvgIpc) is 2.68. The summed E-state index contributed by atoms with van der Waals surface area (Å²) in [6, 6.07) is 15.0. The topological polar surface area (TPSA) is 82.5 Å². The number of benzene rings is 2. The molecule has 2 N–H and O–H groups in total. The summed E-state index contributed by atoms with van der Waals surface area (Å²) < 4.78 is 38.1. The van der Waals surface area contributed by atoms with Gasteiger partial charge in [-0.3, -0.25) is 0 Å². The number of aromatic nitrogens is 1. The number of nitrogens with two attached hydrogens (primary N) is 1. The van der Waals surface area contributed by atoms with Crippen LogP contribution in [0.25, 0.3) is 0 Å². The van der Waals surface area contributed by atoms with Crippen molar-refractivity contribution < 1.29 is 21.9 Å². The zero-order chi connectivity index (χ0) is 21.0. The van der Waals surface area contributed by atoms with Crippen molar-refractivity contribution in [2.45, 2.75) is 32.2 Å². The van der Waals surface area contributed by atoms with Crippen LogP contribution in [0.1, 0.15) is 16.8 Å². The molecule has 0 unspecified atom stereocenters. The number of nitrogen functional groups attached to an aromatic ring is 1. The third kappa shape index (κ3) is 5.06. The van der Waals surface area contributed by atoms with Gasteiger partial charge in [-0.25, -0.2) is 0 Å². The maximum absolute atomic E-state index is 12.4. The Hall–Kier alpha value is -3.06. The molecule has 0 aliphatic carbocycles. The Morgan fingerprint density at radius 2 is 1.66 bits per heavy atom. The first-order valence-corrected chi connectivity index (χ1v) is 10.7. The van der Waals surface area contributed by atoms with Gasteiger partial charge in [-0.1, -0.05) is 18.2 Å². The van der Waals surface area contributed by atoms with Crippen LogP contribution in [0.3, 0.4) is 0 Å². The van der Waals surface area contributed by atoms with E-state index < -0.39 is 10.1 Å². The number of hydrogen-bond acceptors (Lipinski definition) is 5. The van der Waals surface area contributed by atoms with Crippen LogP contribution in [0.2, 0.25) is 0 Å². The van der Waals surface area contributed by atoms with Crippen LogP contribution in [0, 0.1) is 20.8 Å². The standard InChI is InChI=1S/C22H24N2O4S/c1-16-13-19(27-12-11-24-10-9-22(23)17(2)18(24)3)15-20(14-16)28-29(25,26)21-7-5-4-6-8-21/h4-10,13-15,23H,11-12H2,1-3H3/p+1. The smallest absolute Gasteiger partial charge is 0.339 e. The second-order valence-corrected chi connectivity index (χ2v) is 8.40. The van der Waals surface area contributed by atoms with Gasteiger partial charge in [0.1, 0.15) is 23.0 Å². The van der Waals surface area contributed by atoms with Gasteiger partial charge in [0.25, 0.3) is 0 Å². The lowest BCUT2D eigenvalue weighted by Crippen LogP contribution is -2.40. The Bertz CT molecular complexity index is 1110. The summed E-state index contributed by atoms with van der Waals surface area (Å²) in [5.41, 5.74) is 9.66. The third-order valence-electron chi connectivity index (χ3n) is 4.70. The highest BCUT2D eigenvalue weighted by atomic mass is 32.2. The predicted molar refractivity (Wildman–Crippen MR) is 111 cm³/mol. The molecule has 1 heterocycles. The number of hydrogen-bond donors (Lipinski definition) is 1. The molecule has 3 rings (SSSR count). The van der Waals surface area contributed by atoms with Crippen molar-refractivity contribution in [1.82, 2.24) is 0 Å². The summed E-state index contributed by atoms with van der Waals surface area (Å²) in [7, 11) is -3.90. The Labute approximate surface area is 171 Å². The van der Waals surface area contributed by atoms with E-state index >= 15 is 0 Å². The highest BCUT2D eigenvalue weighted by Crippen LogP contribution is 2.25. The molecule has 1 aromatic heterocycles. The summed E-state index contributed by atoms with van der Waals surface area (Å²) >= 11 is 0. The summed E-state index contributed by atoms with van der Waals surface area (Å²) in [5, 5.41) is 0. The average molecular weight is 414 g/mol. The SMILES string of the molecule is Cc1cc(OCC[n+]2ccc(N)c(C)c2C)cc(OS(=O)(=O)c2ccccc2)c1. The monoisotopic (exact) mass is 413 g/mol. The first-order valence-electron chi connectivity index (χ1n) is 9.25. The Balaban J connectivity index is 1.70. The van der Waals surface area contributed by atoms with Crippen molar-refractivity contribution in [2.24, 2.45) is 0 Å². The van der Waals surface area contributed by atoms with Crippen LogP contribution >= 0.6 is 0 Å². The van der Waals surface area contributed by atoms with Gasteiger partial charge in [0.15, 0.2) is 18.4 Å². The lowest BCUT2D eigenvalue weighted by Gasteiger charge is -2.11. The van der Waals surface area contributed by atoms with E-state index in [1.807, 2.05) is 39.1 Å². The molecule has 0 amide bonds. The molecule has 0 radical (unpaired) electrons. The maximum Gasteiger partial charge on any atom is 0.339 e. The number of ether oxygens (including phenoxy) is 1. The first-order chi connectivity index (χ1) is 13.8. The zero-order valence-electron chi connectivity index (χ0n) is 16.8. The van der Waals surface area contributed by atoms with Crippen molar-refractivity contribution in [1.29, 1.82) is 0 Å². The minimum absolute atomic E-state index is 0.106. The molecule has 3 aromatic rings. The van der Waals surface area contributed by atoms with Crippen molar-refractivity contribution in [2.75, 3.05) is 12.3 Å². The molecule has 0 atom stereocenters. The molecule has 0 aliphatic heterocycles. The molecular weight excluding hydrogens is 388 g/mol. The predicted octanol–water partition coefficient (Wildman–Crippen LogP) is 3.33. The largest absolute Gasteiger partial charge is 0.487 e. The molecule has 0 spiro atoms. The number of anilines is 1. The van der Waals surface area contributed by atoms with Crippen molar-refractivity contribution >= 4 is 15.8 Å². The lowest BCUT2D eigenvalue weighted by molar-refractivity contribution is -0.703. The summed E-state index contributed by atoms with van der Waals surface area (Å²) in [6.07, 6.45) is 1.93. The minimum atomic E-state index is -3.90. The Morgan fingerprint density at radius 1 is 0.966 bits per heavy atom. The molecule has 0 saturated heterocycles. The van der Waals surface area contributed by atoms with Crippen LogP contribution < -0.4 is 19.2 Å². The van der Waals surface area contributed by atoms with Gasteiger partial charge in [-0.2, -0.15) is 13.0 Å². The molecule has 0 fully saturated rings. The van der Waals surface area contributed by atoms with E-state index in [1.165, 1.54) is 12.1 Å². The van der Waals surface area contributed by atoms with Gasteiger partial charge in [0, 0.05) is 30.3 Å². The number of aryl methyl sites for hydroxylation is 1. The second kappa shape index (κ2) is 8.53. The van der Waals surface area contributed by atoms with Crippen LogP contribution in [-0.4, -0.2) is 15.0 Å². The molecule has 152 valence electrons. The number of pyridine rings is 1. The van der Waals surface area contributed by atoms with Crippen LogP contribution in [0.4, 0.5) is 5.69 Å². The fraction of sp³-hybridized carbons (Fsp3) is 0.227. The van der Waals surface area contributed by atoms with Gasteiger partial charge < -0.3 is 14.7 Å². The second-order valence-electron chi connectivity index (χ2n) is 6.86. The lowest BCUT2D eigenvalue weighted by atomic mass is 10.2. The molecule has 2 aromatic carbocycles. The summed E-state index contributed by atoms with van der Waals surface area (Å²) in [6.45, 7) is 6.91. The number of nitrogens with zero attached hydrogens (tertiary/aromatic N) is 1. The van der Waals surface area contributed by atoms with Crippen molar-refractivity contribution in [3.8, 4) is 11.5 Å². The zero-order valence-corrected chi connectivity index (χ0v) is 17.6. The molecular formula is C22H25N2O4S+. The van der Waals surface area contributed by atoms with Crippen LogP contribution in [-0.2, 0) is 16.7 Å². The first kappa shape index (κ1) is 20.7. The van der Waals surface area contributed by atoms with Gasteiger partial charge in [0.05, 0.1) is 0 Å². The minimum Gasteiger partial charge on any atom is -0.487 e. The van der Waals surface area contributed by atoms with E-state index in [2.05, 4.69) is 4.57 Å². The van der Waals surface area contributed by atoms with E-state index in [1.54, 1.807) is 30.3 Å². The molecule has 0 aliphatic rings. The molecule has 7 heteroatoms. The van der Waals surface area contributed by atoms with Gasteiger partial charge in [-0.15, -0.1) is 0 Å². The van der Waals surface area contributed by atoms with Crippen LogP contribution in [0.15, 0.2) is 65.7 Å². The van der Waals surface area contributed by atoms with E-state index in [9.17, 15) is 8.42 Å². The molecule has 6 nitrogen and oxygen atoms in total.